The van der Waals surface area contributed by atoms with Gasteiger partial charge in [0.2, 0.25) is 0 Å². The van der Waals surface area contributed by atoms with Crippen molar-refractivity contribution in [2.24, 2.45) is 0 Å². The summed E-state index contributed by atoms with van der Waals surface area (Å²) in [7, 11) is 0. The Hall–Kier alpha value is -1.18. The molecular formula is C12H14F2. The van der Waals surface area contributed by atoms with Gasteiger partial charge in [0, 0.05) is 5.56 Å². The molecule has 0 atom stereocenters. The van der Waals surface area contributed by atoms with Crippen molar-refractivity contribution in [3.63, 3.8) is 0 Å². The number of halogens is 2. The Labute approximate surface area is 83.3 Å². The zero-order valence-electron chi connectivity index (χ0n) is 8.70. The summed E-state index contributed by atoms with van der Waals surface area (Å²) >= 11 is 0. The summed E-state index contributed by atoms with van der Waals surface area (Å²) in [4.78, 5) is 0. The zero-order chi connectivity index (χ0) is 10.9. The first-order valence-corrected chi connectivity index (χ1v) is 4.58. The third-order valence-electron chi connectivity index (χ3n) is 2.15. The second-order valence-corrected chi connectivity index (χ2v) is 3.79. The lowest BCUT2D eigenvalue weighted by Gasteiger charge is -2.10. The van der Waals surface area contributed by atoms with E-state index in [0.29, 0.717) is 11.1 Å². The molecule has 0 saturated carbocycles. The van der Waals surface area contributed by atoms with Crippen LogP contribution in [-0.2, 0) is 0 Å². The van der Waals surface area contributed by atoms with Gasteiger partial charge < -0.3 is 0 Å². The lowest BCUT2D eigenvalue weighted by molar-refractivity contribution is 0.541. The fourth-order valence-electron chi connectivity index (χ4n) is 1.38. The molecule has 0 unspecified atom stereocenters. The van der Waals surface area contributed by atoms with Crippen molar-refractivity contribution in [3.8, 4) is 0 Å². The Kier molecular flexibility index (Phi) is 3.04. The summed E-state index contributed by atoms with van der Waals surface area (Å²) in [5, 5.41) is 0. The van der Waals surface area contributed by atoms with Crippen LogP contribution in [0.25, 0.3) is 5.57 Å². The van der Waals surface area contributed by atoms with Gasteiger partial charge in [0.25, 0.3) is 0 Å². The summed E-state index contributed by atoms with van der Waals surface area (Å²) < 4.78 is 26.9. The van der Waals surface area contributed by atoms with Crippen molar-refractivity contribution < 1.29 is 8.78 Å². The van der Waals surface area contributed by atoms with Gasteiger partial charge in [-0.2, -0.15) is 0 Å². The predicted molar refractivity (Wildman–Crippen MR) is 55.2 cm³/mol. The summed E-state index contributed by atoms with van der Waals surface area (Å²) in [6.07, 6.45) is 0. The molecule has 0 aliphatic carbocycles. The number of hydrogen-bond donors (Lipinski definition) is 0. The van der Waals surface area contributed by atoms with Gasteiger partial charge in [0.1, 0.15) is 11.6 Å². The standard InChI is InChI=1S/C12H14F2/c1-7(2)9-5-10(13)12(8(3)4)11(14)6-9/h5-6,8H,1H2,2-4H3. The maximum absolute atomic E-state index is 13.4. The van der Waals surface area contributed by atoms with Crippen LogP contribution in [0.4, 0.5) is 8.78 Å². The molecule has 0 nitrogen and oxygen atoms in total. The fourth-order valence-corrected chi connectivity index (χ4v) is 1.38. The van der Waals surface area contributed by atoms with Crippen molar-refractivity contribution >= 4 is 5.57 Å². The Balaban J connectivity index is 3.32. The van der Waals surface area contributed by atoms with Crippen LogP contribution in [0.3, 0.4) is 0 Å². The predicted octanol–water partition coefficient (Wildman–Crippen LogP) is 4.12. The van der Waals surface area contributed by atoms with Crippen molar-refractivity contribution in [2.45, 2.75) is 26.7 Å². The van der Waals surface area contributed by atoms with Crippen LogP contribution in [0.2, 0.25) is 0 Å². The number of benzene rings is 1. The van der Waals surface area contributed by atoms with Gasteiger partial charge in [-0.15, -0.1) is 0 Å². The van der Waals surface area contributed by atoms with Crippen LogP contribution in [0.15, 0.2) is 18.7 Å². The van der Waals surface area contributed by atoms with E-state index in [-0.39, 0.29) is 11.5 Å². The van der Waals surface area contributed by atoms with Gasteiger partial charge in [0.15, 0.2) is 0 Å². The molecule has 0 fully saturated rings. The molecule has 76 valence electrons. The fraction of sp³-hybridized carbons (Fsp3) is 0.333. The van der Waals surface area contributed by atoms with E-state index in [9.17, 15) is 8.78 Å². The molecule has 1 aromatic carbocycles. The summed E-state index contributed by atoms with van der Waals surface area (Å²) in [6.45, 7) is 8.91. The lowest BCUT2D eigenvalue weighted by Crippen LogP contribution is -1.99. The third-order valence-corrected chi connectivity index (χ3v) is 2.15. The maximum Gasteiger partial charge on any atom is 0.130 e. The highest BCUT2D eigenvalue weighted by molar-refractivity contribution is 5.61. The molecule has 0 saturated heterocycles. The highest BCUT2D eigenvalue weighted by Gasteiger charge is 2.14. The van der Waals surface area contributed by atoms with E-state index in [1.807, 2.05) is 0 Å². The first-order valence-electron chi connectivity index (χ1n) is 4.58. The van der Waals surface area contributed by atoms with Crippen molar-refractivity contribution in [1.82, 2.24) is 0 Å². The molecule has 0 aliphatic heterocycles. The largest absolute Gasteiger partial charge is 0.207 e. The SMILES string of the molecule is C=C(C)c1cc(F)c(C(C)C)c(F)c1. The maximum atomic E-state index is 13.4. The minimum absolute atomic E-state index is 0.144. The molecule has 0 bridgehead atoms. The van der Waals surface area contributed by atoms with Crippen LogP contribution in [-0.4, -0.2) is 0 Å². The minimum atomic E-state index is -0.488. The average Bonchev–Trinajstić information content (AvgIpc) is 2.01. The number of hydrogen-bond acceptors (Lipinski definition) is 0. The summed E-state index contributed by atoms with van der Waals surface area (Å²) in [5.41, 5.74) is 1.33. The molecule has 0 amide bonds. The van der Waals surface area contributed by atoms with Gasteiger partial charge in [-0.1, -0.05) is 26.0 Å². The Morgan fingerprint density at radius 2 is 1.64 bits per heavy atom. The normalized spacial score (nSPS) is 10.7. The van der Waals surface area contributed by atoms with Crippen molar-refractivity contribution in [3.05, 3.63) is 41.5 Å². The van der Waals surface area contributed by atoms with E-state index in [1.54, 1.807) is 20.8 Å². The molecule has 0 spiro atoms. The molecule has 0 N–H and O–H groups in total. The average molecular weight is 196 g/mol. The highest BCUT2D eigenvalue weighted by atomic mass is 19.1. The molecule has 14 heavy (non-hydrogen) atoms. The van der Waals surface area contributed by atoms with E-state index in [4.69, 9.17) is 0 Å². The highest BCUT2D eigenvalue weighted by Crippen LogP contribution is 2.25. The smallest absolute Gasteiger partial charge is 0.130 e. The van der Waals surface area contributed by atoms with Crippen LogP contribution in [0.5, 0.6) is 0 Å². The Morgan fingerprint density at radius 3 is 1.93 bits per heavy atom. The van der Waals surface area contributed by atoms with Crippen LogP contribution in [0.1, 0.15) is 37.8 Å². The van der Waals surface area contributed by atoms with Crippen LogP contribution in [0, 0.1) is 11.6 Å². The molecular weight excluding hydrogens is 182 g/mol. The second kappa shape index (κ2) is 3.91. The lowest BCUT2D eigenvalue weighted by atomic mass is 9.98. The monoisotopic (exact) mass is 196 g/mol. The van der Waals surface area contributed by atoms with E-state index >= 15 is 0 Å². The molecule has 2 heteroatoms. The van der Waals surface area contributed by atoms with Crippen LogP contribution < -0.4 is 0 Å². The van der Waals surface area contributed by atoms with Crippen molar-refractivity contribution in [2.75, 3.05) is 0 Å². The number of allylic oxidation sites excluding steroid dienone is 1. The number of rotatable bonds is 2. The Bertz CT molecular complexity index is 342. The first kappa shape index (κ1) is 10.9. The summed E-state index contributed by atoms with van der Waals surface area (Å²) in [6, 6.07) is 2.67. The summed E-state index contributed by atoms with van der Waals surface area (Å²) in [5.74, 6) is -1.12. The van der Waals surface area contributed by atoms with Crippen molar-refractivity contribution in [1.29, 1.82) is 0 Å². The molecule has 1 aromatic rings. The second-order valence-electron chi connectivity index (χ2n) is 3.79. The van der Waals surface area contributed by atoms with Gasteiger partial charge >= 0.3 is 0 Å². The first-order chi connectivity index (χ1) is 6.43. The van der Waals surface area contributed by atoms with Crippen LogP contribution >= 0.6 is 0 Å². The molecule has 0 heterocycles. The quantitative estimate of drug-likeness (QED) is 0.667. The molecule has 0 radical (unpaired) electrons. The van der Waals surface area contributed by atoms with Gasteiger partial charge in [-0.3, -0.25) is 0 Å². The van der Waals surface area contributed by atoms with Gasteiger partial charge in [-0.25, -0.2) is 8.78 Å². The minimum Gasteiger partial charge on any atom is -0.207 e. The molecule has 1 rings (SSSR count). The van der Waals surface area contributed by atoms with E-state index in [0.717, 1.165) is 0 Å². The van der Waals surface area contributed by atoms with Gasteiger partial charge in [-0.05, 0) is 30.5 Å². The van der Waals surface area contributed by atoms with E-state index in [1.165, 1.54) is 12.1 Å². The third kappa shape index (κ3) is 2.00. The van der Waals surface area contributed by atoms with E-state index in [2.05, 4.69) is 6.58 Å². The molecule has 0 aliphatic rings. The Morgan fingerprint density at radius 1 is 1.21 bits per heavy atom. The van der Waals surface area contributed by atoms with Gasteiger partial charge in [0.05, 0.1) is 0 Å². The molecule has 0 aromatic heterocycles. The topological polar surface area (TPSA) is 0 Å². The zero-order valence-corrected chi connectivity index (χ0v) is 8.70. The van der Waals surface area contributed by atoms with E-state index < -0.39 is 11.6 Å².